The van der Waals surface area contributed by atoms with E-state index in [-0.39, 0.29) is 19.4 Å². The molecule has 1 heterocycles. The summed E-state index contributed by atoms with van der Waals surface area (Å²) in [4.78, 5) is 42.6. The van der Waals surface area contributed by atoms with Crippen molar-refractivity contribution in [3.05, 3.63) is 12.2 Å². The van der Waals surface area contributed by atoms with Crippen LogP contribution in [-0.2, 0) is 32.9 Å². The predicted octanol–water partition coefficient (Wildman–Crippen LogP) is 9.28. The number of allylic oxidation sites excluding steroid dienone is 1. The Bertz CT molecular complexity index is 813. The molecule has 1 saturated heterocycles. The molecule has 0 aromatic heterocycles. The Morgan fingerprint density at radius 2 is 1.22 bits per heavy atom. The lowest BCUT2D eigenvalue weighted by Gasteiger charge is -2.18. The normalized spacial score (nSPS) is 17.1. The first kappa shape index (κ1) is 41.8. The Hall–Kier alpha value is -1.25. The summed E-state index contributed by atoms with van der Waals surface area (Å²) in [5.74, 6) is -0.905. The van der Waals surface area contributed by atoms with Crippen molar-refractivity contribution in [1.82, 2.24) is 0 Å². The molecule has 1 rings (SSSR count). The van der Waals surface area contributed by atoms with Gasteiger partial charge in [0.25, 0.3) is 0 Å². The Kier molecular flexibility index (Phi) is 25.8. The summed E-state index contributed by atoms with van der Waals surface area (Å²) in [6.45, 7) is 3.61. The number of esters is 2. The number of carbonyl (C=O) groups is 2. The maximum Gasteiger partial charge on any atom is 0.469 e. The van der Waals surface area contributed by atoms with Crippen LogP contribution in [0.4, 0.5) is 0 Å². The van der Waals surface area contributed by atoms with Crippen LogP contribution in [0.15, 0.2) is 12.2 Å². The molecule has 2 N–H and O–H groups in total. The van der Waals surface area contributed by atoms with Gasteiger partial charge in [-0.15, -0.1) is 0 Å². The second-order valence-corrected chi connectivity index (χ2v) is 13.8. The number of hydrogen-bond donors (Lipinski definition) is 2. The van der Waals surface area contributed by atoms with E-state index >= 15 is 0 Å². The molecule has 1 fully saturated rings. The molecule has 0 radical (unpaired) electrons. The van der Waals surface area contributed by atoms with Gasteiger partial charge in [-0.3, -0.25) is 14.1 Å². The van der Waals surface area contributed by atoms with Gasteiger partial charge in [0.1, 0.15) is 6.61 Å². The molecule has 264 valence electrons. The number of epoxide rings is 1. The fourth-order valence-corrected chi connectivity index (χ4v) is 5.74. The highest BCUT2D eigenvalue weighted by Gasteiger charge is 2.36. The molecule has 10 heteroatoms. The average molecular weight is 661 g/mol. The van der Waals surface area contributed by atoms with E-state index in [1.165, 1.54) is 64.2 Å². The van der Waals surface area contributed by atoms with E-state index in [2.05, 4.69) is 30.5 Å². The molecule has 2 unspecified atom stereocenters. The molecule has 0 saturated carbocycles. The van der Waals surface area contributed by atoms with Crippen LogP contribution in [0.2, 0.25) is 0 Å². The molecule has 0 bridgehead atoms. The van der Waals surface area contributed by atoms with Crippen LogP contribution in [-0.4, -0.2) is 53.3 Å². The molecule has 1 aliphatic heterocycles. The SMILES string of the molecule is CCCCC/C=C\CC1OC1CCCCCCCC(=O)OC[C@H](COP(=O)(O)O)OC(=O)CCCCCCCCCCCCC. The van der Waals surface area contributed by atoms with Crippen molar-refractivity contribution in [2.45, 2.75) is 186 Å². The van der Waals surface area contributed by atoms with Crippen LogP contribution in [0.1, 0.15) is 168 Å². The van der Waals surface area contributed by atoms with E-state index < -0.39 is 32.5 Å². The summed E-state index contributed by atoms with van der Waals surface area (Å²) in [6.07, 6.45) is 29.5. The summed E-state index contributed by atoms with van der Waals surface area (Å²) in [5.41, 5.74) is 0. The predicted molar refractivity (Wildman–Crippen MR) is 179 cm³/mol. The summed E-state index contributed by atoms with van der Waals surface area (Å²) >= 11 is 0. The minimum Gasteiger partial charge on any atom is -0.462 e. The number of phosphoric acid groups is 1. The average Bonchev–Trinajstić information content (AvgIpc) is 3.76. The van der Waals surface area contributed by atoms with Crippen LogP contribution in [0.25, 0.3) is 0 Å². The fourth-order valence-electron chi connectivity index (χ4n) is 5.38. The molecule has 45 heavy (non-hydrogen) atoms. The van der Waals surface area contributed by atoms with E-state index in [1.54, 1.807) is 0 Å². The summed E-state index contributed by atoms with van der Waals surface area (Å²) in [5, 5.41) is 0. The zero-order valence-electron chi connectivity index (χ0n) is 28.5. The van der Waals surface area contributed by atoms with Crippen LogP contribution < -0.4 is 0 Å². The maximum absolute atomic E-state index is 12.3. The third-order valence-electron chi connectivity index (χ3n) is 8.21. The van der Waals surface area contributed by atoms with Gasteiger partial charge in [-0.25, -0.2) is 4.57 Å². The molecular weight excluding hydrogens is 595 g/mol. The van der Waals surface area contributed by atoms with Gasteiger partial charge in [0, 0.05) is 12.8 Å². The number of phosphoric ester groups is 1. The molecule has 0 spiro atoms. The number of rotatable bonds is 32. The van der Waals surface area contributed by atoms with Gasteiger partial charge in [0.15, 0.2) is 6.10 Å². The molecular formula is C35H65O9P. The molecule has 3 atom stereocenters. The molecule has 0 amide bonds. The molecule has 9 nitrogen and oxygen atoms in total. The lowest BCUT2D eigenvalue weighted by molar-refractivity contribution is -0.161. The maximum atomic E-state index is 12.3. The highest BCUT2D eigenvalue weighted by molar-refractivity contribution is 7.46. The van der Waals surface area contributed by atoms with Crippen LogP contribution in [0, 0.1) is 0 Å². The lowest BCUT2D eigenvalue weighted by atomic mass is 10.1. The highest BCUT2D eigenvalue weighted by Crippen LogP contribution is 2.36. The van der Waals surface area contributed by atoms with Crippen molar-refractivity contribution in [3.63, 3.8) is 0 Å². The van der Waals surface area contributed by atoms with Gasteiger partial charge in [0.05, 0.1) is 18.8 Å². The van der Waals surface area contributed by atoms with Crippen LogP contribution in [0.5, 0.6) is 0 Å². The van der Waals surface area contributed by atoms with Crippen LogP contribution >= 0.6 is 7.82 Å². The van der Waals surface area contributed by atoms with Crippen molar-refractivity contribution < 1.29 is 42.7 Å². The Labute approximate surface area is 273 Å². The first-order chi connectivity index (χ1) is 21.7. The highest BCUT2D eigenvalue weighted by atomic mass is 31.2. The zero-order valence-corrected chi connectivity index (χ0v) is 29.4. The molecule has 0 aromatic rings. The number of ether oxygens (including phenoxy) is 3. The van der Waals surface area contributed by atoms with E-state index in [0.29, 0.717) is 25.0 Å². The van der Waals surface area contributed by atoms with Crippen LogP contribution in [0.3, 0.4) is 0 Å². The minimum atomic E-state index is -4.75. The summed E-state index contributed by atoms with van der Waals surface area (Å²) in [7, 11) is -4.75. The quantitative estimate of drug-likeness (QED) is 0.0238. The molecule has 0 aliphatic carbocycles. The molecule has 1 aliphatic rings. The lowest BCUT2D eigenvalue weighted by Crippen LogP contribution is -2.29. The van der Waals surface area contributed by atoms with Crippen molar-refractivity contribution in [2.24, 2.45) is 0 Å². The largest absolute Gasteiger partial charge is 0.469 e. The topological polar surface area (TPSA) is 132 Å². The van der Waals surface area contributed by atoms with Crippen molar-refractivity contribution >= 4 is 19.8 Å². The minimum absolute atomic E-state index is 0.209. The third kappa shape index (κ3) is 27.6. The Morgan fingerprint density at radius 3 is 1.82 bits per heavy atom. The van der Waals surface area contributed by atoms with Gasteiger partial charge >= 0.3 is 19.8 Å². The Morgan fingerprint density at radius 1 is 0.689 bits per heavy atom. The van der Waals surface area contributed by atoms with Gasteiger partial charge in [0.2, 0.25) is 0 Å². The van der Waals surface area contributed by atoms with E-state index in [4.69, 9.17) is 24.0 Å². The zero-order chi connectivity index (χ0) is 33.0. The summed E-state index contributed by atoms with van der Waals surface area (Å²) < 4.78 is 32.0. The van der Waals surface area contributed by atoms with Crippen molar-refractivity contribution in [1.29, 1.82) is 0 Å². The first-order valence-electron chi connectivity index (χ1n) is 18.1. The smallest absolute Gasteiger partial charge is 0.462 e. The van der Waals surface area contributed by atoms with Gasteiger partial charge in [-0.1, -0.05) is 129 Å². The third-order valence-corrected chi connectivity index (χ3v) is 8.69. The van der Waals surface area contributed by atoms with Gasteiger partial charge in [-0.05, 0) is 38.5 Å². The number of unbranched alkanes of at least 4 members (excludes halogenated alkanes) is 17. The van der Waals surface area contributed by atoms with Crippen molar-refractivity contribution in [3.8, 4) is 0 Å². The van der Waals surface area contributed by atoms with Gasteiger partial charge in [-0.2, -0.15) is 0 Å². The summed E-state index contributed by atoms with van der Waals surface area (Å²) in [6, 6.07) is 0. The van der Waals surface area contributed by atoms with E-state index in [9.17, 15) is 14.2 Å². The second-order valence-electron chi connectivity index (χ2n) is 12.6. The standard InChI is InChI=1S/C35H65O9P/c1-3-5-7-9-11-12-13-14-15-19-24-28-35(37)43-31(30-42-45(38,39)40)29-41-34(36)27-23-20-16-18-22-26-33-32(44-33)25-21-17-10-8-6-4-2/h17,21,31-33H,3-16,18-20,22-30H2,1-2H3,(H2,38,39,40)/b21-17-/t31-,32?,33?/m1/s1. The van der Waals surface area contributed by atoms with Gasteiger partial charge < -0.3 is 24.0 Å². The second kappa shape index (κ2) is 27.8. The molecule has 0 aromatic carbocycles. The van der Waals surface area contributed by atoms with Crippen molar-refractivity contribution in [2.75, 3.05) is 13.2 Å². The first-order valence-corrected chi connectivity index (χ1v) is 19.6. The number of carbonyl (C=O) groups excluding carboxylic acids is 2. The monoisotopic (exact) mass is 660 g/mol. The fraction of sp³-hybridized carbons (Fsp3) is 0.886. The van der Waals surface area contributed by atoms with E-state index in [0.717, 1.165) is 64.2 Å². The van der Waals surface area contributed by atoms with E-state index in [1.807, 2.05) is 0 Å². The Balaban J connectivity index is 2.10. The number of hydrogen-bond acceptors (Lipinski definition) is 7.